The third-order valence-corrected chi connectivity index (χ3v) is 4.47. The lowest BCUT2D eigenvalue weighted by molar-refractivity contribution is 0.100. The van der Waals surface area contributed by atoms with Crippen molar-refractivity contribution in [1.82, 2.24) is 0 Å². The predicted octanol–water partition coefficient (Wildman–Crippen LogP) is 3.51. The van der Waals surface area contributed by atoms with Gasteiger partial charge in [-0.25, -0.2) is 4.39 Å². The van der Waals surface area contributed by atoms with Gasteiger partial charge in [0.15, 0.2) is 0 Å². The molecule has 1 aromatic heterocycles. The number of aryl methyl sites for hydroxylation is 1. The molecule has 0 unspecified atom stereocenters. The monoisotopic (exact) mass is 326 g/mol. The summed E-state index contributed by atoms with van der Waals surface area (Å²) in [5.74, 6) is -1.67. The Kier molecular flexibility index (Phi) is 4.29. The Balaban J connectivity index is 2.36. The molecule has 0 spiro atoms. The van der Waals surface area contributed by atoms with Gasteiger partial charge in [-0.1, -0.05) is 11.6 Å². The van der Waals surface area contributed by atoms with Crippen molar-refractivity contribution < 1.29 is 14.0 Å². The number of nitrogens with one attached hydrogen (secondary N) is 1. The number of halogens is 2. The van der Waals surface area contributed by atoms with Crippen molar-refractivity contribution in [2.75, 3.05) is 5.32 Å². The van der Waals surface area contributed by atoms with E-state index in [0.717, 1.165) is 22.6 Å². The molecule has 7 heteroatoms. The van der Waals surface area contributed by atoms with Gasteiger partial charge in [0.25, 0.3) is 11.8 Å². The molecule has 0 bridgehead atoms. The van der Waals surface area contributed by atoms with E-state index in [1.54, 1.807) is 6.92 Å². The van der Waals surface area contributed by atoms with Gasteiger partial charge in [0.2, 0.25) is 0 Å². The van der Waals surface area contributed by atoms with Crippen LogP contribution in [0.25, 0.3) is 0 Å². The lowest BCUT2D eigenvalue weighted by atomic mass is 10.1. The lowest BCUT2D eigenvalue weighted by Gasteiger charge is -2.06. The van der Waals surface area contributed by atoms with Crippen LogP contribution in [0.3, 0.4) is 0 Å². The van der Waals surface area contributed by atoms with E-state index in [1.807, 2.05) is 6.92 Å². The smallest absolute Gasteiger partial charge is 0.257 e. The third-order valence-electron chi connectivity index (χ3n) is 3.03. The normalized spacial score (nSPS) is 10.5. The second kappa shape index (κ2) is 5.83. The number of nitrogens with two attached hydrogens (primary N) is 1. The van der Waals surface area contributed by atoms with Crippen LogP contribution in [0.2, 0.25) is 5.02 Å². The molecule has 1 heterocycles. The average molecular weight is 327 g/mol. The van der Waals surface area contributed by atoms with Gasteiger partial charge in [0, 0.05) is 4.88 Å². The van der Waals surface area contributed by atoms with Gasteiger partial charge in [0.1, 0.15) is 10.8 Å². The Morgan fingerprint density at radius 1 is 1.33 bits per heavy atom. The molecule has 0 aliphatic heterocycles. The number of carbonyl (C=O) groups excluding carboxylic acids is 2. The maximum Gasteiger partial charge on any atom is 0.257 e. The summed E-state index contributed by atoms with van der Waals surface area (Å²) in [7, 11) is 0. The van der Waals surface area contributed by atoms with Crippen molar-refractivity contribution in [1.29, 1.82) is 0 Å². The number of thiophene rings is 1. The first kappa shape index (κ1) is 15.5. The van der Waals surface area contributed by atoms with Crippen LogP contribution in [-0.4, -0.2) is 11.8 Å². The van der Waals surface area contributed by atoms with E-state index >= 15 is 0 Å². The van der Waals surface area contributed by atoms with Gasteiger partial charge >= 0.3 is 0 Å². The molecule has 0 atom stereocenters. The summed E-state index contributed by atoms with van der Waals surface area (Å²) >= 11 is 7.09. The van der Waals surface area contributed by atoms with Crippen molar-refractivity contribution >= 4 is 39.8 Å². The number of hydrogen-bond acceptors (Lipinski definition) is 3. The van der Waals surface area contributed by atoms with Crippen LogP contribution >= 0.6 is 22.9 Å². The summed E-state index contributed by atoms with van der Waals surface area (Å²) in [6, 6.07) is 3.47. The fourth-order valence-electron chi connectivity index (χ4n) is 1.86. The summed E-state index contributed by atoms with van der Waals surface area (Å²) in [6.07, 6.45) is 0. The van der Waals surface area contributed by atoms with Crippen molar-refractivity contribution in [3.05, 3.63) is 50.6 Å². The van der Waals surface area contributed by atoms with Gasteiger partial charge in [0.05, 0.1) is 16.1 Å². The number of anilines is 1. The zero-order chi connectivity index (χ0) is 15.7. The SMILES string of the molecule is Cc1sc(NC(=O)c2ccc(F)cc2Cl)c(C(N)=O)c1C. The minimum atomic E-state index is -0.614. The first-order valence-electron chi connectivity index (χ1n) is 5.97. The molecule has 4 nitrogen and oxygen atoms in total. The van der Waals surface area contributed by atoms with Gasteiger partial charge in [-0.15, -0.1) is 11.3 Å². The van der Waals surface area contributed by atoms with Crippen LogP contribution in [0, 0.1) is 19.7 Å². The quantitative estimate of drug-likeness (QED) is 0.906. The lowest BCUT2D eigenvalue weighted by Crippen LogP contribution is -2.17. The maximum atomic E-state index is 13.0. The molecule has 2 amide bonds. The fraction of sp³-hybridized carbons (Fsp3) is 0.143. The molecule has 0 fully saturated rings. The second-order valence-electron chi connectivity index (χ2n) is 4.43. The molecule has 2 aromatic rings. The second-order valence-corrected chi connectivity index (χ2v) is 6.06. The minimum absolute atomic E-state index is 0.00174. The highest BCUT2D eigenvalue weighted by molar-refractivity contribution is 7.16. The summed E-state index contributed by atoms with van der Waals surface area (Å²) in [4.78, 5) is 24.5. The highest BCUT2D eigenvalue weighted by Gasteiger charge is 2.20. The number of hydrogen-bond donors (Lipinski definition) is 2. The number of carbonyl (C=O) groups is 2. The Morgan fingerprint density at radius 2 is 2.00 bits per heavy atom. The van der Waals surface area contributed by atoms with Gasteiger partial charge in [-0.3, -0.25) is 9.59 Å². The van der Waals surface area contributed by atoms with E-state index < -0.39 is 17.6 Å². The maximum absolute atomic E-state index is 13.0. The van der Waals surface area contributed by atoms with Crippen molar-refractivity contribution in [3.8, 4) is 0 Å². The third kappa shape index (κ3) is 3.06. The topological polar surface area (TPSA) is 72.2 Å². The van der Waals surface area contributed by atoms with Crippen molar-refractivity contribution in [2.45, 2.75) is 13.8 Å². The molecule has 3 N–H and O–H groups in total. The van der Waals surface area contributed by atoms with Crippen LogP contribution in [0.1, 0.15) is 31.2 Å². The van der Waals surface area contributed by atoms with E-state index in [-0.39, 0.29) is 16.1 Å². The summed E-state index contributed by atoms with van der Waals surface area (Å²) in [5.41, 5.74) is 6.47. The van der Waals surface area contributed by atoms with E-state index in [2.05, 4.69) is 5.32 Å². The van der Waals surface area contributed by atoms with Crippen LogP contribution in [0.4, 0.5) is 9.39 Å². The average Bonchev–Trinajstić information content (AvgIpc) is 2.64. The molecule has 1 aromatic carbocycles. The highest BCUT2D eigenvalue weighted by atomic mass is 35.5. The molecule has 2 rings (SSSR count). The van der Waals surface area contributed by atoms with Crippen LogP contribution in [0.15, 0.2) is 18.2 Å². The molecule has 110 valence electrons. The molecular weight excluding hydrogens is 315 g/mol. The zero-order valence-corrected chi connectivity index (χ0v) is 12.9. The van der Waals surface area contributed by atoms with Crippen LogP contribution < -0.4 is 11.1 Å². The first-order valence-corrected chi connectivity index (χ1v) is 7.17. The Hall–Kier alpha value is -1.92. The Morgan fingerprint density at radius 3 is 2.57 bits per heavy atom. The van der Waals surface area contributed by atoms with E-state index in [1.165, 1.54) is 17.4 Å². The van der Waals surface area contributed by atoms with Crippen LogP contribution in [0.5, 0.6) is 0 Å². The highest BCUT2D eigenvalue weighted by Crippen LogP contribution is 2.32. The predicted molar refractivity (Wildman–Crippen MR) is 81.7 cm³/mol. The summed E-state index contributed by atoms with van der Waals surface area (Å²) in [6.45, 7) is 3.58. The van der Waals surface area contributed by atoms with Crippen molar-refractivity contribution in [3.63, 3.8) is 0 Å². The van der Waals surface area contributed by atoms with E-state index in [4.69, 9.17) is 17.3 Å². The number of primary amides is 1. The van der Waals surface area contributed by atoms with Crippen molar-refractivity contribution in [2.24, 2.45) is 5.73 Å². The van der Waals surface area contributed by atoms with Gasteiger partial charge < -0.3 is 11.1 Å². The zero-order valence-electron chi connectivity index (χ0n) is 11.3. The van der Waals surface area contributed by atoms with Gasteiger partial charge in [-0.05, 0) is 37.6 Å². The molecule has 0 radical (unpaired) electrons. The van der Waals surface area contributed by atoms with E-state index in [0.29, 0.717) is 5.00 Å². The van der Waals surface area contributed by atoms with E-state index in [9.17, 15) is 14.0 Å². The first-order chi connectivity index (χ1) is 9.81. The Labute approximate surface area is 129 Å². The van der Waals surface area contributed by atoms with Crippen LogP contribution in [-0.2, 0) is 0 Å². The summed E-state index contributed by atoms with van der Waals surface area (Å²) in [5, 5.41) is 2.96. The minimum Gasteiger partial charge on any atom is -0.365 e. The molecule has 0 aliphatic rings. The Bertz CT molecular complexity index is 743. The molecule has 21 heavy (non-hydrogen) atoms. The standard InChI is InChI=1S/C14H12ClFN2O2S/c1-6-7(2)21-14(11(6)12(17)19)18-13(20)9-4-3-8(16)5-10(9)15/h3-5H,1-2H3,(H2,17,19)(H,18,20). The number of benzene rings is 1. The molecule has 0 saturated carbocycles. The van der Waals surface area contributed by atoms with Gasteiger partial charge in [-0.2, -0.15) is 0 Å². The molecule has 0 aliphatic carbocycles. The summed E-state index contributed by atoms with van der Waals surface area (Å²) < 4.78 is 13.0. The largest absolute Gasteiger partial charge is 0.365 e. The number of amides is 2. The fourth-order valence-corrected chi connectivity index (χ4v) is 3.17. The molecular formula is C14H12ClFN2O2S. The number of rotatable bonds is 3. The molecule has 0 saturated heterocycles.